The number of carbonyl (C=O) groups is 2. The second-order valence-electron chi connectivity index (χ2n) is 7.79. The highest BCUT2D eigenvalue weighted by atomic mass is 16.2. The van der Waals surface area contributed by atoms with E-state index in [1.807, 2.05) is 97.4 Å². The van der Waals surface area contributed by atoms with Crippen molar-refractivity contribution in [3.05, 3.63) is 95.7 Å². The number of fused-ring (bicyclic) bond motifs is 1. The van der Waals surface area contributed by atoms with Crippen LogP contribution in [0.4, 0.5) is 16.2 Å². The Bertz CT molecular complexity index is 1340. The van der Waals surface area contributed by atoms with E-state index in [1.165, 1.54) is 0 Å². The molecule has 0 unspecified atom stereocenters. The van der Waals surface area contributed by atoms with Crippen LogP contribution in [0.2, 0.25) is 0 Å². The number of amides is 3. The van der Waals surface area contributed by atoms with Crippen molar-refractivity contribution in [2.75, 3.05) is 10.6 Å². The number of urea groups is 1. The molecule has 0 aliphatic rings. The van der Waals surface area contributed by atoms with Crippen LogP contribution in [-0.2, 0) is 11.3 Å². The highest BCUT2D eigenvalue weighted by Gasteiger charge is 2.11. The summed E-state index contributed by atoms with van der Waals surface area (Å²) >= 11 is 0. The van der Waals surface area contributed by atoms with Crippen LogP contribution in [0.5, 0.6) is 0 Å². The fraction of sp³-hybridized carbons (Fsp3) is 0.115. The van der Waals surface area contributed by atoms with Gasteiger partial charge in [0.1, 0.15) is 6.54 Å². The Hall–Kier alpha value is -4.39. The first-order chi connectivity index (χ1) is 16.0. The molecule has 3 N–H and O–H groups in total. The van der Waals surface area contributed by atoms with Gasteiger partial charge in [-0.05, 0) is 49.2 Å². The van der Waals surface area contributed by atoms with E-state index in [1.54, 1.807) is 6.21 Å². The number of benzene rings is 3. The maximum absolute atomic E-state index is 12.6. The summed E-state index contributed by atoms with van der Waals surface area (Å²) in [6, 6.07) is 22.5. The molecule has 1 aromatic heterocycles. The topological polar surface area (TPSA) is 87.5 Å². The third-order valence-electron chi connectivity index (χ3n) is 5.20. The molecule has 3 amide bonds. The maximum Gasteiger partial charge on any atom is 0.339 e. The molecule has 7 nitrogen and oxygen atoms in total. The van der Waals surface area contributed by atoms with Crippen LogP contribution >= 0.6 is 0 Å². The lowest BCUT2D eigenvalue weighted by Gasteiger charge is -2.08. The van der Waals surface area contributed by atoms with Crippen LogP contribution < -0.4 is 16.1 Å². The molecule has 4 rings (SSSR count). The monoisotopic (exact) mass is 439 g/mol. The molecule has 0 aliphatic carbocycles. The summed E-state index contributed by atoms with van der Waals surface area (Å²) in [5, 5.41) is 10.7. The predicted molar refractivity (Wildman–Crippen MR) is 133 cm³/mol. The lowest BCUT2D eigenvalue weighted by Crippen LogP contribution is -2.24. The first kappa shape index (κ1) is 21.8. The summed E-state index contributed by atoms with van der Waals surface area (Å²) in [5.41, 5.74) is 7.72. The predicted octanol–water partition coefficient (Wildman–Crippen LogP) is 5.05. The lowest BCUT2D eigenvalue weighted by molar-refractivity contribution is -0.116. The molecule has 0 fully saturated rings. The Morgan fingerprint density at radius 3 is 2.55 bits per heavy atom. The molecule has 33 heavy (non-hydrogen) atoms. The highest BCUT2D eigenvalue weighted by molar-refractivity contribution is 6.01. The smallest absolute Gasteiger partial charge is 0.337 e. The minimum absolute atomic E-state index is 0.124. The van der Waals surface area contributed by atoms with Gasteiger partial charge in [0.05, 0.1) is 6.21 Å². The minimum atomic E-state index is -0.429. The molecule has 0 saturated heterocycles. The van der Waals surface area contributed by atoms with Crippen LogP contribution in [-0.4, -0.2) is 22.7 Å². The second kappa shape index (κ2) is 9.82. The molecule has 3 aromatic carbocycles. The largest absolute Gasteiger partial charge is 0.339 e. The van der Waals surface area contributed by atoms with E-state index in [-0.39, 0.29) is 12.5 Å². The van der Waals surface area contributed by atoms with Crippen molar-refractivity contribution in [2.45, 2.75) is 20.4 Å². The number of aryl methyl sites for hydroxylation is 2. The van der Waals surface area contributed by atoms with Crippen molar-refractivity contribution < 1.29 is 9.59 Å². The van der Waals surface area contributed by atoms with Gasteiger partial charge in [0.15, 0.2) is 0 Å². The second-order valence-corrected chi connectivity index (χ2v) is 7.79. The number of para-hydroxylation sites is 2. The first-order valence-corrected chi connectivity index (χ1v) is 10.6. The van der Waals surface area contributed by atoms with Gasteiger partial charge in [-0.3, -0.25) is 4.79 Å². The van der Waals surface area contributed by atoms with Crippen molar-refractivity contribution in [2.24, 2.45) is 5.10 Å². The summed E-state index contributed by atoms with van der Waals surface area (Å²) in [6.07, 6.45) is 3.43. The molecular formula is C26H25N5O2. The van der Waals surface area contributed by atoms with Gasteiger partial charge in [0.2, 0.25) is 5.91 Å². The number of aromatic nitrogens is 1. The van der Waals surface area contributed by atoms with Crippen molar-refractivity contribution in [1.29, 1.82) is 0 Å². The highest BCUT2D eigenvalue weighted by Crippen LogP contribution is 2.20. The van der Waals surface area contributed by atoms with Crippen molar-refractivity contribution in [1.82, 2.24) is 9.99 Å². The molecule has 0 spiro atoms. The molecule has 0 saturated carbocycles. The Morgan fingerprint density at radius 2 is 1.73 bits per heavy atom. The molecule has 0 aliphatic heterocycles. The average Bonchev–Trinajstić information content (AvgIpc) is 3.13. The zero-order valence-corrected chi connectivity index (χ0v) is 18.5. The molecule has 166 valence electrons. The molecule has 0 bridgehead atoms. The third kappa shape index (κ3) is 5.46. The number of hydrogen-bond acceptors (Lipinski definition) is 3. The Balaban J connectivity index is 1.45. The summed E-state index contributed by atoms with van der Waals surface area (Å²) < 4.78 is 1.87. The first-order valence-electron chi connectivity index (χ1n) is 10.6. The van der Waals surface area contributed by atoms with Gasteiger partial charge in [-0.1, -0.05) is 48.5 Å². The van der Waals surface area contributed by atoms with E-state index < -0.39 is 6.03 Å². The Labute approximate surface area is 192 Å². The molecule has 7 heteroatoms. The Morgan fingerprint density at radius 1 is 0.939 bits per heavy atom. The van der Waals surface area contributed by atoms with Crippen molar-refractivity contribution >= 4 is 40.4 Å². The van der Waals surface area contributed by atoms with E-state index in [4.69, 9.17) is 0 Å². The number of rotatable bonds is 6. The summed E-state index contributed by atoms with van der Waals surface area (Å²) in [6.45, 7) is 4.06. The average molecular weight is 440 g/mol. The zero-order chi connectivity index (χ0) is 23.2. The number of hydrazone groups is 1. The molecule has 1 heterocycles. The quantitative estimate of drug-likeness (QED) is 0.290. The van der Waals surface area contributed by atoms with Gasteiger partial charge < -0.3 is 15.2 Å². The number of carbonyl (C=O) groups excluding carboxylic acids is 2. The number of nitrogens with one attached hydrogen (secondary N) is 3. The van der Waals surface area contributed by atoms with Crippen LogP contribution in [0.3, 0.4) is 0 Å². The van der Waals surface area contributed by atoms with E-state index in [0.29, 0.717) is 0 Å². The van der Waals surface area contributed by atoms with Crippen LogP contribution in [0.15, 0.2) is 84.1 Å². The van der Waals surface area contributed by atoms with Crippen molar-refractivity contribution in [3.8, 4) is 0 Å². The summed E-state index contributed by atoms with van der Waals surface area (Å²) in [7, 11) is 0. The van der Waals surface area contributed by atoms with Gasteiger partial charge in [0, 0.05) is 34.0 Å². The van der Waals surface area contributed by atoms with E-state index >= 15 is 0 Å². The summed E-state index contributed by atoms with van der Waals surface area (Å²) in [4.78, 5) is 24.8. The number of anilines is 2. The minimum Gasteiger partial charge on any atom is -0.337 e. The van der Waals surface area contributed by atoms with Gasteiger partial charge >= 0.3 is 6.03 Å². The maximum atomic E-state index is 12.6. The SMILES string of the molecule is Cc1cccc(NC(=O)Cn2cc(C=NNC(=O)Nc3ccccc3C)c3ccccc32)c1. The number of nitrogens with zero attached hydrogens (tertiary/aromatic N) is 2. The van der Waals surface area contributed by atoms with Gasteiger partial charge in [-0.25, -0.2) is 10.2 Å². The van der Waals surface area contributed by atoms with Crippen LogP contribution in [0.1, 0.15) is 16.7 Å². The van der Waals surface area contributed by atoms with Crippen molar-refractivity contribution in [3.63, 3.8) is 0 Å². The molecule has 4 aromatic rings. The van der Waals surface area contributed by atoms with E-state index in [9.17, 15) is 9.59 Å². The van der Waals surface area contributed by atoms with Gasteiger partial charge in [-0.15, -0.1) is 0 Å². The Kier molecular flexibility index (Phi) is 6.50. The lowest BCUT2D eigenvalue weighted by atomic mass is 10.2. The third-order valence-corrected chi connectivity index (χ3v) is 5.20. The fourth-order valence-corrected chi connectivity index (χ4v) is 3.61. The standard InChI is InChI=1S/C26H25N5O2/c1-18-8-7-10-21(14-18)28-25(32)17-31-16-20(22-11-4-6-13-24(22)31)15-27-30-26(33)29-23-12-5-3-9-19(23)2/h3-16H,17H2,1-2H3,(H,28,32)(H2,29,30,33). The van der Waals surface area contributed by atoms with Gasteiger partial charge in [-0.2, -0.15) is 5.10 Å². The summed E-state index contributed by atoms with van der Waals surface area (Å²) in [5.74, 6) is -0.124. The molecule has 0 atom stereocenters. The van der Waals surface area contributed by atoms with Crippen LogP contribution in [0, 0.1) is 13.8 Å². The van der Waals surface area contributed by atoms with E-state index in [0.717, 1.165) is 39.0 Å². The van der Waals surface area contributed by atoms with E-state index in [2.05, 4.69) is 21.2 Å². The van der Waals surface area contributed by atoms with Crippen LogP contribution in [0.25, 0.3) is 10.9 Å². The molecule has 0 radical (unpaired) electrons. The fourth-order valence-electron chi connectivity index (χ4n) is 3.61. The normalized spacial score (nSPS) is 11.0. The molecular weight excluding hydrogens is 414 g/mol. The zero-order valence-electron chi connectivity index (χ0n) is 18.5. The number of hydrogen-bond donors (Lipinski definition) is 3. The van der Waals surface area contributed by atoms with Gasteiger partial charge in [0.25, 0.3) is 0 Å².